The molecule has 4 heteroatoms. The van der Waals surface area contributed by atoms with Gasteiger partial charge >= 0.3 is 0 Å². The Labute approximate surface area is 166 Å². The fourth-order valence-electron chi connectivity index (χ4n) is 3.01. The highest BCUT2D eigenvalue weighted by molar-refractivity contribution is 5.93. The fraction of sp³-hybridized carbons (Fsp3) is 0.208. The van der Waals surface area contributed by atoms with E-state index in [1.807, 2.05) is 66.7 Å². The summed E-state index contributed by atoms with van der Waals surface area (Å²) in [4.78, 5) is 14.1. The number of rotatable bonds is 8. The lowest BCUT2D eigenvalue weighted by Crippen LogP contribution is -2.27. The molecule has 0 aromatic heterocycles. The van der Waals surface area contributed by atoms with Crippen LogP contribution in [0.1, 0.15) is 17.5 Å². The molecule has 0 heterocycles. The lowest BCUT2D eigenvalue weighted by Gasteiger charge is -2.18. The van der Waals surface area contributed by atoms with E-state index in [0.717, 1.165) is 27.9 Å². The number of ether oxygens (including phenoxy) is 1. The molecule has 0 aliphatic carbocycles. The van der Waals surface area contributed by atoms with Gasteiger partial charge in [0.25, 0.3) is 0 Å². The average Bonchev–Trinajstić information content (AvgIpc) is 2.77. The van der Waals surface area contributed by atoms with E-state index in [9.17, 15) is 9.90 Å². The van der Waals surface area contributed by atoms with Gasteiger partial charge in [0.1, 0.15) is 0 Å². The molecule has 0 atom stereocenters. The predicted molar refractivity (Wildman–Crippen MR) is 112 cm³/mol. The minimum atomic E-state index is -0.0137. The lowest BCUT2D eigenvalue weighted by molar-refractivity contribution is -0.119. The molecule has 0 fully saturated rings. The van der Waals surface area contributed by atoms with Gasteiger partial charge in [-0.1, -0.05) is 66.7 Å². The van der Waals surface area contributed by atoms with E-state index in [2.05, 4.69) is 12.1 Å². The fourth-order valence-corrected chi connectivity index (χ4v) is 3.01. The summed E-state index contributed by atoms with van der Waals surface area (Å²) in [6.07, 6.45) is 0.304. The topological polar surface area (TPSA) is 49.8 Å². The monoisotopic (exact) mass is 375 g/mol. The maximum atomic E-state index is 12.4. The summed E-state index contributed by atoms with van der Waals surface area (Å²) in [6, 6.07) is 25.7. The molecule has 0 unspecified atom stereocenters. The minimum Gasteiger partial charge on any atom is -0.392 e. The van der Waals surface area contributed by atoms with Crippen LogP contribution in [-0.2, 0) is 22.7 Å². The highest BCUT2D eigenvalue weighted by Crippen LogP contribution is 2.22. The summed E-state index contributed by atoms with van der Waals surface area (Å²) in [7, 11) is 1.78. The Morgan fingerprint density at radius 3 is 2.14 bits per heavy atom. The zero-order chi connectivity index (χ0) is 19.8. The van der Waals surface area contributed by atoms with Crippen molar-refractivity contribution in [1.29, 1.82) is 0 Å². The number of aliphatic hydroxyl groups is 1. The first-order valence-corrected chi connectivity index (χ1v) is 9.36. The normalized spacial score (nSPS) is 10.6. The number of amides is 1. The van der Waals surface area contributed by atoms with E-state index in [1.54, 1.807) is 11.9 Å². The summed E-state index contributed by atoms with van der Waals surface area (Å²) in [6.45, 7) is 0.713. The standard InChI is InChI=1S/C24H25NO3/c1-25(23-13-11-20(12-14-23)19-7-3-2-4-8-19)24(27)15-16-28-18-22-10-6-5-9-21(22)17-26/h2-14,26H,15-18H2,1H3. The Kier molecular flexibility index (Phi) is 6.95. The molecule has 0 radical (unpaired) electrons. The van der Waals surface area contributed by atoms with Crippen LogP contribution in [0, 0.1) is 0 Å². The molecule has 0 aliphatic heterocycles. The number of aliphatic hydroxyl groups excluding tert-OH is 1. The summed E-state index contributed by atoms with van der Waals surface area (Å²) in [5.74, 6) is 0.00269. The number of nitrogens with zero attached hydrogens (tertiary/aromatic N) is 1. The van der Waals surface area contributed by atoms with Crippen LogP contribution in [-0.4, -0.2) is 24.7 Å². The van der Waals surface area contributed by atoms with E-state index in [4.69, 9.17) is 4.74 Å². The minimum absolute atomic E-state index is 0.00269. The van der Waals surface area contributed by atoms with Crippen molar-refractivity contribution in [2.75, 3.05) is 18.6 Å². The molecule has 0 spiro atoms. The quantitative estimate of drug-likeness (QED) is 0.593. The zero-order valence-corrected chi connectivity index (χ0v) is 16.0. The van der Waals surface area contributed by atoms with Gasteiger partial charge in [0.15, 0.2) is 0 Å². The van der Waals surface area contributed by atoms with E-state index in [0.29, 0.717) is 19.6 Å². The Balaban J connectivity index is 1.50. The second-order valence-corrected chi connectivity index (χ2v) is 6.60. The number of carbonyl (C=O) groups is 1. The molecule has 0 saturated carbocycles. The highest BCUT2D eigenvalue weighted by Gasteiger charge is 2.11. The van der Waals surface area contributed by atoms with Gasteiger partial charge in [0.05, 0.1) is 26.2 Å². The van der Waals surface area contributed by atoms with Gasteiger partial charge < -0.3 is 14.7 Å². The Bertz CT molecular complexity index is 891. The molecule has 0 bridgehead atoms. The summed E-state index contributed by atoms with van der Waals surface area (Å²) >= 11 is 0. The van der Waals surface area contributed by atoms with Crippen LogP contribution in [0.25, 0.3) is 11.1 Å². The van der Waals surface area contributed by atoms with Crippen LogP contribution in [0.2, 0.25) is 0 Å². The van der Waals surface area contributed by atoms with E-state index in [1.165, 1.54) is 0 Å². The molecule has 3 rings (SSSR count). The third-order valence-electron chi connectivity index (χ3n) is 4.74. The third kappa shape index (κ3) is 5.06. The molecule has 0 saturated heterocycles. The Morgan fingerprint density at radius 1 is 0.857 bits per heavy atom. The molecular formula is C24H25NO3. The molecule has 144 valence electrons. The highest BCUT2D eigenvalue weighted by atomic mass is 16.5. The van der Waals surface area contributed by atoms with Crippen molar-refractivity contribution in [3.8, 4) is 11.1 Å². The molecule has 4 nitrogen and oxygen atoms in total. The van der Waals surface area contributed by atoms with Gasteiger partial charge in [-0.25, -0.2) is 0 Å². The van der Waals surface area contributed by atoms with Gasteiger partial charge in [0, 0.05) is 12.7 Å². The smallest absolute Gasteiger partial charge is 0.229 e. The summed E-state index contributed by atoms with van der Waals surface area (Å²) in [5, 5.41) is 9.34. The first kappa shape index (κ1) is 19.8. The van der Waals surface area contributed by atoms with Crippen LogP contribution < -0.4 is 4.90 Å². The molecule has 1 N–H and O–H groups in total. The van der Waals surface area contributed by atoms with Crippen molar-refractivity contribution in [3.63, 3.8) is 0 Å². The number of carbonyl (C=O) groups excluding carboxylic acids is 1. The van der Waals surface area contributed by atoms with Crippen LogP contribution in [0.4, 0.5) is 5.69 Å². The first-order valence-electron chi connectivity index (χ1n) is 9.36. The van der Waals surface area contributed by atoms with E-state index >= 15 is 0 Å². The summed E-state index contributed by atoms with van der Waals surface area (Å²) in [5.41, 5.74) is 4.93. The van der Waals surface area contributed by atoms with Crippen molar-refractivity contribution >= 4 is 11.6 Å². The SMILES string of the molecule is CN(C(=O)CCOCc1ccccc1CO)c1ccc(-c2ccccc2)cc1. The van der Waals surface area contributed by atoms with Crippen molar-refractivity contribution in [1.82, 2.24) is 0 Å². The van der Waals surface area contributed by atoms with Crippen molar-refractivity contribution in [2.24, 2.45) is 0 Å². The third-order valence-corrected chi connectivity index (χ3v) is 4.74. The van der Waals surface area contributed by atoms with Gasteiger partial charge in [-0.3, -0.25) is 4.79 Å². The molecule has 3 aromatic carbocycles. The van der Waals surface area contributed by atoms with Crippen LogP contribution >= 0.6 is 0 Å². The maximum Gasteiger partial charge on any atom is 0.229 e. The van der Waals surface area contributed by atoms with Crippen LogP contribution in [0.5, 0.6) is 0 Å². The molecule has 28 heavy (non-hydrogen) atoms. The molecular weight excluding hydrogens is 350 g/mol. The van der Waals surface area contributed by atoms with E-state index in [-0.39, 0.29) is 12.5 Å². The van der Waals surface area contributed by atoms with E-state index < -0.39 is 0 Å². The lowest BCUT2D eigenvalue weighted by atomic mass is 10.1. The number of hydrogen-bond acceptors (Lipinski definition) is 3. The van der Waals surface area contributed by atoms with Gasteiger partial charge in [-0.15, -0.1) is 0 Å². The van der Waals surface area contributed by atoms with Crippen molar-refractivity contribution in [3.05, 3.63) is 90.0 Å². The van der Waals surface area contributed by atoms with Crippen LogP contribution in [0.3, 0.4) is 0 Å². The van der Waals surface area contributed by atoms with Crippen molar-refractivity contribution < 1.29 is 14.6 Å². The number of benzene rings is 3. The number of anilines is 1. The van der Waals surface area contributed by atoms with Gasteiger partial charge in [-0.05, 0) is 34.4 Å². The molecule has 3 aromatic rings. The summed E-state index contributed by atoms with van der Waals surface area (Å²) < 4.78 is 5.64. The second kappa shape index (κ2) is 9.83. The Hall–Kier alpha value is -2.95. The predicted octanol–water partition coefficient (Wildman–Crippen LogP) is 4.42. The number of hydrogen-bond donors (Lipinski definition) is 1. The van der Waals surface area contributed by atoms with Gasteiger partial charge in [0.2, 0.25) is 5.91 Å². The largest absolute Gasteiger partial charge is 0.392 e. The van der Waals surface area contributed by atoms with Gasteiger partial charge in [-0.2, -0.15) is 0 Å². The molecule has 0 aliphatic rings. The van der Waals surface area contributed by atoms with Crippen molar-refractivity contribution in [2.45, 2.75) is 19.6 Å². The average molecular weight is 375 g/mol. The first-order chi connectivity index (χ1) is 13.7. The Morgan fingerprint density at radius 2 is 1.46 bits per heavy atom. The maximum absolute atomic E-state index is 12.4. The zero-order valence-electron chi connectivity index (χ0n) is 16.0. The second-order valence-electron chi connectivity index (χ2n) is 6.60. The van der Waals surface area contributed by atoms with Crippen LogP contribution in [0.15, 0.2) is 78.9 Å². The molecule has 1 amide bonds.